The lowest BCUT2D eigenvalue weighted by atomic mass is 10.1. The molecule has 2 heterocycles. The van der Waals surface area contributed by atoms with Crippen molar-refractivity contribution < 1.29 is 9.59 Å². The van der Waals surface area contributed by atoms with Gasteiger partial charge in [-0.2, -0.15) is 10.2 Å². The molecule has 0 spiro atoms. The van der Waals surface area contributed by atoms with Crippen LogP contribution in [-0.2, 0) is 22.6 Å². The Morgan fingerprint density at radius 1 is 1.03 bits per heavy atom. The van der Waals surface area contributed by atoms with E-state index in [1.165, 1.54) is 17.3 Å². The SMILES string of the molecule is Cc1nn(CC(C)C)c(C)c1CCC(=O)Nc1ccc(NC(=O)C(C)n2cncn2)cc1. The van der Waals surface area contributed by atoms with Gasteiger partial charge in [-0.3, -0.25) is 14.3 Å². The number of hydrogen-bond acceptors (Lipinski definition) is 5. The second kappa shape index (κ2) is 10.2. The highest BCUT2D eigenvalue weighted by Crippen LogP contribution is 2.18. The molecule has 3 aromatic rings. The maximum absolute atomic E-state index is 12.5. The molecule has 2 amide bonds. The van der Waals surface area contributed by atoms with Crippen molar-refractivity contribution in [1.82, 2.24) is 24.5 Å². The predicted molar refractivity (Wildman–Crippen MR) is 123 cm³/mol. The molecule has 32 heavy (non-hydrogen) atoms. The molecule has 0 aliphatic carbocycles. The monoisotopic (exact) mass is 437 g/mol. The van der Waals surface area contributed by atoms with Crippen molar-refractivity contribution >= 4 is 23.2 Å². The third-order valence-corrected chi connectivity index (χ3v) is 5.32. The zero-order valence-electron chi connectivity index (χ0n) is 19.3. The lowest BCUT2D eigenvalue weighted by Crippen LogP contribution is -2.24. The summed E-state index contributed by atoms with van der Waals surface area (Å²) in [4.78, 5) is 28.6. The zero-order chi connectivity index (χ0) is 23.3. The van der Waals surface area contributed by atoms with E-state index in [4.69, 9.17) is 0 Å². The van der Waals surface area contributed by atoms with Crippen LogP contribution in [0.4, 0.5) is 11.4 Å². The molecule has 1 aromatic carbocycles. The molecule has 0 aliphatic heterocycles. The third-order valence-electron chi connectivity index (χ3n) is 5.32. The first-order chi connectivity index (χ1) is 15.2. The Kier molecular flexibility index (Phi) is 7.40. The summed E-state index contributed by atoms with van der Waals surface area (Å²) in [6, 6.07) is 6.57. The van der Waals surface area contributed by atoms with E-state index in [2.05, 4.69) is 46.6 Å². The van der Waals surface area contributed by atoms with Gasteiger partial charge in [-0.15, -0.1) is 0 Å². The summed E-state index contributed by atoms with van der Waals surface area (Å²) in [6.07, 6.45) is 3.92. The van der Waals surface area contributed by atoms with E-state index < -0.39 is 6.04 Å². The number of hydrogen-bond donors (Lipinski definition) is 2. The maximum atomic E-state index is 12.5. The molecule has 0 saturated heterocycles. The van der Waals surface area contributed by atoms with Crippen LogP contribution < -0.4 is 10.6 Å². The van der Waals surface area contributed by atoms with Gasteiger partial charge >= 0.3 is 0 Å². The van der Waals surface area contributed by atoms with Gasteiger partial charge in [-0.05, 0) is 62.9 Å². The molecule has 0 fully saturated rings. The highest BCUT2D eigenvalue weighted by atomic mass is 16.2. The smallest absolute Gasteiger partial charge is 0.249 e. The van der Waals surface area contributed by atoms with Gasteiger partial charge in [0.25, 0.3) is 0 Å². The van der Waals surface area contributed by atoms with Crippen molar-refractivity contribution in [3.8, 4) is 0 Å². The lowest BCUT2D eigenvalue weighted by molar-refractivity contribution is -0.119. The molecule has 9 nitrogen and oxygen atoms in total. The molecule has 170 valence electrons. The van der Waals surface area contributed by atoms with Crippen molar-refractivity contribution in [2.45, 2.75) is 60.0 Å². The van der Waals surface area contributed by atoms with E-state index in [-0.39, 0.29) is 11.8 Å². The number of carbonyl (C=O) groups is 2. The van der Waals surface area contributed by atoms with Crippen LogP contribution in [0.5, 0.6) is 0 Å². The second-order valence-electron chi connectivity index (χ2n) is 8.39. The molecule has 1 atom stereocenters. The summed E-state index contributed by atoms with van der Waals surface area (Å²) in [6.45, 7) is 11.0. The Bertz CT molecular complexity index is 1050. The number of rotatable bonds is 9. The number of anilines is 2. The summed E-state index contributed by atoms with van der Waals surface area (Å²) in [7, 11) is 0. The highest BCUT2D eigenvalue weighted by Gasteiger charge is 2.16. The Balaban J connectivity index is 1.52. The van der Waals surface area contributed by atoms with E-state index in [0.29, 0.717) is 30.1 Å². The van der Waals surface area contributed by atoms with E-state index in [9.17, 15) is 9.59 Å². The van der Waals surface area contributed by atoms with Gasteiger partial charge in [0, 0.05) is 30.0 Å². The minimum absolute atomic E-state index is 0.0583. The van der Waals surface area contributed by atoms with Crippen molar-refractivity contribution in [1.29, 1.82) is 0 Å². The fourth-order valence-corrected chi connectivity index (χ4v) is 3.50. The van der Waals surface area contributed by atoms with Crippen LogP contribution in [0.25, 0.3) is 0 Å². The summed E-state index contributed by atoms with van der Waals surface area (Å²) >= 11 is 0. The lowest BCUT2D eigenvalue weighted by Gasteiger charge is -2.12. The minimum atomic E-state index is -0.478. The van der Waals surface area contributed by atoms with Crippen LogP contribution in [0.3, 0.4) is 0 Å². The fraction of sp³-hybridized carbons (Fsp3) is 0.435. The molecule has 2 aromatic heterocycles. The average Bonchev–Trinajstić information content (AvgIpc) is 3.36. The van der Waals surface area contributed by atoms with Gasteiger partial charge < -0.3 is 10.6 Å². The highest BCUT2D eigenvalue weighted by molar-refractivity contribution is 5.94. The third kappa shape index (κ3) is 5.81. The van der Waals surface area contributed by atoms with Gasteiger partial charge in [-0.25, -0.2) is 9.67 Å². The minimum Gasteiger partial charge on any atom is -0.326 e. The molecular formula is C23H31N7O2. The summed E-state index contributed by atoms with van der Waals surface area (Å²) in [5, 5.41) is 14.3. The summed E-state index contributed by atoms with van der Waals surface area (Å²) in [5.41, 5.74) is 4.57. The molecule has 0 saturated carbocycles. The van der Waals surface area contributed by atoms with Gasteiger partial charge in [0.05, 0.1) is 5.69 Å². The average molecular weight is 438 g/mol. The number of benzene rings is 1. The van der Waals surface area contributed by atoms with Gasteiger partial charge in [0.2, 0.25) is 11.8 Å². The first kappa shape index (κ1) is 23.2. The first-order valence-electron chi connectivity index (χ1n) is 10.8. The Labute approximate surface area is 188 Å². The van der Waals surface area contributed by atoms with Crippen LogP contribution in [0.1, 0.15) is 50.2 Å². The van der Waals surface area contributed by atoms with Crippen molar-refractivity contribution in [3.63, 3.8) is 0 Å². The number of carbonyl (C=O) groups excluding carboxylic acids is 2. The Morgan fingerprint density at radius 3 is 2.28 bits per heavy atom. The van der Waals surface area contributed by atoms with Gasteiger partial charge in [0.1, 0.15) is 18.7 Å². The molecule has 9 heteroatoms. The number of aromatic nitrogens is 5. The standard InChI is InChI=1S/C23H31N7O2/c1-15(2)12-29-17(4)21(16(3)28-29)10-11-22(31)26-19-6-8-20(9-7-19)27-23(32)18(5)30-14-24-13-25-30/h6-9,13-15,18H,10-12H2,1-5H3,(H,26,31)(H,27,32). The number of aryl methyl sites for hydroxylation is 1. The molecule has 0 bridgehead atoms. The van der Waals surface area contributed by atoms with Crippen molar-refractivity contribution in [2.24, 2.45) is 5.92 Å². The predicted octanol–water partition coefficient (Wildman–Crippen LogP) is 3.52. The van der Waals surface area contributed by atoms with Crippen LogP contribution in [0.15, 0.2) is 36.9 Å². The van der Waals surface area contributed by atoms with E-state index in [1.54, 1.807) is 31.2 Å². The molecule has 1 unspecified atom stereocenters. The molecule has 2 N–H and O–H groups in total. The molecule has 0 aliphatic rings. The fourth-order valence-electron chi connectivity index (χ4n) is 3.50. The zero-order valence-corrected chi connectivity index (χ0v) is 19.3. The number of nitrogens with one attached hydrogen (secondary N) is 2. The molecule has 3 rings (SSSR count). The van der Waals surface area contributed by atoms with Gasteiger partial charge in [0.15, 0.2) is 0 Å². The van der Waals surface area contributed by atoms with Crippen molar-refractivity contribution in [2.75, 3.05) is 10.6 Å². The number of nitrogens with zero attached hydrogens (tertiary/aromatic N) is 5. The summed E-state index contributed by atoms with van der Waals surface area (Å²) < 4.78 is 3.52. The maximum Gasteiger partial charge on any atom is 0.249 e. The van der Waals surface area contributed by atoms with Crippen LogP contribution >= 0.6 is 0 Å². The first-order valence-corrected chi connectivity index (χ1v) is 10.8. The Morgan fingerprint density at radius 2 is 1.69 bits per heavy atom. The van der Waals surface area contributed by atoms with Crippen molar-refractivity contribution in [3.05, 3.63) is 53.9 Å². The molecule has 0 radical (unpaired) electrons. The number of amides is 2. The Hall–Kier alpha value is -3.49. The summed E-state index contributed by atoms with van der Waals surface area (Å²) in [5.74, 6) is 0.260. The topological polar surface area (TPSA) is 107 Å². The van der Waals surface area contributed by atoms with E-state index in [1.807, 2.05) is 11.6 Å². The van der Waals surface area contributed by atoms with Crippen LogP contribution in [-0.4, -0.2) is 36.4 Å². The largest absolute Gasteiger partial charge is 0.326 e. The van der Waals surface area contributed by atoms with Gasteiger partial charge in [-0.1, -0.05) is 13.8 Å². The van der Waals surface area contributed by atoms with Crippen LogP contribution in [0.2, 0.25) is 0 Å². The van der Waals surface area contributed by atoms with E-state index in [0.717, 1.165) is 23.5 Å². The van der Waals surface area contributed by atoms with E-state index >= 15 is 0 Å². The molecular weight excluding hydrogens is 406 g/mol. The second-order valence-corrected chi connectivity index (χ2v) is 8.39. The quantitative estimate of drug-likeness (QED) is 0.533. The van der Waals surface area contributed by atoms with Crippen LogP contribution in [0, 0.1) is 19.8 Å². The normalized spacial score (nSPS) is 12.1.